The second-order valence-corrected chi connectivity index (χ2v) is 9.27. The minimum absolute atomic E-state index is 0.0342. The van der Waals surface area contributed by atoms with E-state index in [9.17, 15) is 4.79 Å². The Hall–Kier alpha value is -3.31. The van der Waals surface area contributed by atoms with E-state index in [0.29, 0.717) is 24.5 Å². The number of fused-ring (bicyclic) bond motifs is 1. The summed E-state index contributed by atoms with van der Waals surface area (Å²) in [6.45, 7) is 2.85. The molecule has 0 aliphatic heterocycles. The van der Waals surface area contributed by atoms with E-state index < -0.39 is 5.41 Å². The van der Waals surface area contributed by atoms with Crippen molar-refractivity contribution in [1.29, 1.82) is 0 Å². The van der Waals surface area contributed by atoms with Gasteiger partial charge in [-0.1, -0.05) is 60.7 Å². The van der Waals surface area contributed by atoms with Crippen molar-refractivity contribution in [2.75, 3.05) is 27.9 Å². The fourth-order valence-electron chi connectivity index (χ4n) is 5.48. The third-order valence-corrected chi connectivity index (χ3v) is 7.39. The van der Waals surface area contributed by atoms with Crippen molar-refractivity contribution >= 4 is 5.97 Å². The van der Waals surface area contributed by atoms with Gasteiger partial charge in [-0.15, -0.1) is 0 Å². The molecular weight excluding hydrogens is 438 g/mol. The van der Waals surface area contributed by atoms with E-state index in [1.807, 2.05) is 36.4 Å². The van der Waals surface area contributed by atoms with E-state index in [-0.39, 0.29) is 17.9 Å². The van der Waals surface area contributed by atoms with Gasteiger partial charge < -0.3 is 19.5 Å². The first-order valence-electron chi connectivity index (χ1n) is 12.2. The van der Waals surface area contributed by atoms with Crippen LogP contribution in [-0.4, -0.2) is 33.8 Å². The smallest absolute Gasteiger partial charge is 0.316 e. The Bertz CT molecular complexity index is 1130. The molecule has 1 aliphatic rings. The van der Waals surface area contributed by atoms with Gasteiger partial charge in [0.05, 0.1) is 21.3 Å². The van der Waals surface area contributed by atoms with Crippen molar-refractivity contribution in [3.05, 3.63) is 95.1 Å². The van der Waals surface area contributed by atoms with E-state index >= 15 is 0 Å². The first kappa shape index (κ1) is 24.8. The number of ether oxygens (including phenoxy) is 3. The summed E-state index contributed by atoms with van der Waals surface area (Å²) in [5, 5.41) is 3.71. The minimum atomic E-state index is -0.855. The average molecular weight is 474 g/mol. The van der Waals surface area contributed by atoms with Gasteiger partial charge in [0.2, 0.25) is 0 Å². The van der Waals surface area contributed by atoms with Crippen LogP contribution in [0, 0.1) is 5.92 Å². The van der Waals surface area contributed by atoms with Gasteiger partial charge in [-0.25, -0.2) is 0 Å². The maximum absolute atomic E-state index is 13.8. The number of hydrogen-bond donors (Lipinski definition) is 1. The van der Waals surface area contributed by atoms with Crippen molar-refractivity contribution in [3.8, 4) is 11.5 Å². The van der Waals surface area contributed by atoms with Crippen LogP contribution in [0.25, 0.3) is 0 Å². The molecule has 184 valence electrons. The zero-order chi connectivity index (χ0) is 24.8. The van der Waals surface area contributed by atoms with Crippen LogP contribution in [0.1, 0.15) is 41.6 Å². The fourth-order valence-corrected chi connectivity index (χ4v) is 5.48. The molecule has 3 aromatic rings. The van der Waals surface area contributed by atoms with Gasteiger partial charge in [-0.3, -0.25) is 4.79 Å². The predicted octanol–water partition coefficient (Wildman–Crippen LogP) is 5.27. The second-order valence-electron chi connectivity index (χ2n) is 9.27. The first-order chi connectivity index (χ1) is 17.0. The number of carbonyl (C=O) groups is 1. The molecule has 0 saturated heterocycles. The lowest BCUT2D eigenvalue weighted by Crippen LogP contribution is -2.52. The highest BCUT2D eigenvalue weighted by Crippen LogP contribution is 2.48. The van der Waals surface area contributed by atoms with Crippen molar-refractivity contribution in [1.82, 2.24) is 5.32 Å². The number of methoxy groups -OCH3 is 3. The summed E-state index contributed by atoms with van der Waals surface area (Å²) in [4.78, 5) is 13.8. The van der Waals surface area contributed by atoms with Gasteiger partial charge >= 0.3 is 5.97 Å². The van der Waals surface area contributed by atoms with Crippen molar-refractivity contribution in [3.63, 3.8) is 0 Å². The van der Waals surface area contributed by atoms with Crippen molar-refractivity contribution in [2.24, 2.45) is 5.92 Å². The molecule has 1 aliphatic carbocycles. The number of carbonyl (C=O) groups excluding carboxylic acids is 1. The van der Waals surface area contributed by atoms with Gasteiger partial charge in [0, 0.05) is 6.04 Å². The topological polar surface area (TPSA) is 56.8 Å². The standard InChI is InChI=1S/C30H35NO4/c1-21(23-13-9-6-10-14-23)31-20-25-16-15-24-17-27(33-2)28(34-3)18-26(24)30(25,29(32)35-4)19-22-11-7-5-8-12-22/h5-14,17-18,21,25,31H,15-16,19-20H2,1-4H3. The summed E-state index contributed by atoms with van der Waals surface area (Å²) in [5.74, 6) is 1.12. The Labute approximate surface area is 208 Å². The van der Waals surface area contributed by atoms with Crippen LogP contribution >= 0.6 is 0 Å². The number of nitrogens with one attached hydrogen (secondary N) is 1. The lowest BCUT2D eigenvalue weighted by atomic mass is 9.60. The van der Waals surface area contributed by atoms with E-state index in [1.165, 1.54) is 12.7 Å². The molecule has 0 heterocycles. The van der Waals surface area contributed by atoms with Gasteiger partial charge in [0.15, 0.2) is 11.5 Å². The quantitative estimate of drug-likeness (QED) is 0.429. The Balaban J connectivity index is 1.79. The average Bonchev–Trinajstić information content (AvgIpc) is 2.92. The molecule has 5 nitrogen and oxygen atoms in total. The van der Waals surface area contributed by atoms with Crippen LogP contribution in [-0.2, 0) is 27.8 Å². The number of rotatable bonds is 9. The van der Waals surface area contributed by atoms with Crippen LogP contribution < -0.4 is 14.8 Å². The second kappa shape index (κ2) is 11.0. The van der Waals surface area contributed by atoms with Gasteiger partial charge in [0.1, 0.15) is 5.41 Å². The zero-order valence-corrected chi connectivity index (χ0v) is 21.0. The van der Waals surface area contributed by atoms with Gasteiger partial charge in [-0.2, -0.15) is 0 Å². The summed E-state index contributed by atoms with van der Waals surface area (Å²) in [6.07, 6.45) is 2.27. The molecule has 35 heavy (non-hydrogen) atoms. The minimum Gasteiger partial charge on any atom is -0.493 e. The Morgan fingerprint density at radius 1 is 0.971 bits per heavy atom. The normalized spacial score (nSPS) is 19.9. The Kier molecular flexibility index (Phi) is 7.76. The molecule has 1 N–H and O–H groups in total. The van der Waals surface area contributed by atoms with Crippen LogP contribution in [0.15, 0.2) is 72.8 Å². The van der Waals surface area contributed by atoms with Crippen LogP contribution in [0.4, 0.5) is 0 Å². The number of aryl methyl sites for hydroxylation is 1. The maximum atomic E-state index is 13.8. The van der Waals surface area contributed by atoms with Crippen molar-refractivity contribution in [2.45, 2.75) is 37.6 Å². The largest absolute Gasteiger partial charge is 0.493 e. The van der Waals surface area contributed by atoms with E-state index in [2.05, 4.69) is 48.6 Å². The summed E-state index contributed by atoms with van der Waals surface area (Å²) >= 11 is 0. The Morgan fingerprint density at radius 2 is 1.60 bits per heavy atom. The molecule has 0 radical (unpaired) electrons. The zero-order valence-electron chi connectivity index (χ0n) is 21.0. The number of benzene rings is 3. The highest BCUT2D eigenvalue weighted by molar-refractivity contribution is 5.85. The predicted molar refractivity (Wildman–Crippen MR) is 138 cm³/mol. The SMILES string of the molecule is COC(=O)C1(Cc2ccccc2)c2cc(OC)c(OC)cc2CCC1CNC(C)c1ccccc1. The Morgan fingerprint density at radius 3 is 2.23 bits per heavy atom. The lowest BCUT2D eigenvalue weighted by molar-refractivity contribution is -0.150. The highest BCUT2D eigenvalue weighted by atomic mass is 16.5. The first-order valence-corrected chi connectivity index (χ1v) is 12.2. The summed E-state index contributed by atoms with van der Waals surface area (Å²) in [5.41, 5.74) is 3.54. The van der Waals surface area contributed by atoms with Crippen LogP contribution in [0.3, 0.4) is 0 Å². The molecule has 3 unspecified atom stereocenters. The van der Waals surface area contributed by atoms with Crippen LogP contribution in [0.5, 0.6) is 11.5 Å². The van der Waals surface area contributed by atoms with E-state index in [0.717, 1.165) is 29.5 Å². The van der Waals surface area contributed by atoms with E-state index in [1.54, 1.807) is 14.2 Å². The molecule has 3 aromatic carbocycles. The molecule has 0 fully saturated rings. The number of esters is 1. The fraction of sp³-hybridized carbons (Fsp3) is 0.367. The molecule has 0 spiro atoms. The highest BCUT2D eigenvalue weighted by Gasteiger charge is 2.51. The molecular formula is C30H35NO4. The molecule has 0 bridgehead atoms. The molecule has 0 saturated carbocycles. The molecule has 0 aromatic heterocycles. The molecule has 0 amide bonds. The number of hydrogen-bond acceptors (Lipinski definition) is 5. The molecule has 5 heteroatoms. The summed E-state index contributed by atoms with van der Waals surface area (Å²) < 4.78 is 16.8. The van der Waals surface area contributed by atoms with Gasteiger partial charge in [0.25, 0.3) is 0 Å². The van der Waals surface area contributed by atoms with Crippen LogP contribution in [0.2, 0.25) is 0 Å². The summed E-state index contributed by atoms with van der Waals surface area (Å²) in [7, 11) is 4.76. The maximum Gasteiger partial charge on any atom is 0.316 e. The third-order valence-electron chi connectivity index (χ3n) is 7.39. The molecule has 4 rings (SSSR count). The lowest BCUT2D eigenvalue weighted by Gasteiger charge is -2.44. The van der Waals surface area contributed by atoms with E-state index in [4.69, 9.17) is 14.2 Å². The molecule has 3 atom stereocenters. The van der Waals surface area contributed by atoms with Gasteiger partial charge in [-0.05, 0) is 73.0 Å². The van der Waals surface area contributed by atoms with Crippen molar-refractivity contribution < 1.29 is 19.0 Å². The monoisotopic (exact) mass is 473 g/mol. The third kappa shape index (κ3) is 4.92. The summed E-state index contributed by atoms with van der Waals surface area (Å²) in [6, 6.07) is 24.8.